The SMILES string of the molecule is CNC(=O)C(=O)NCC(c1ccc2c(c1)OCO2)N1CCN(c2ccc(F)cc2)CC1. The topological polar surface area (TPSA) is 83.1 Å². The molecule has 2 amide bonds. The highest BCUT2D eigenvalue weighted by Crippen LogP contribution is 2.35. The van der Waals surface area contributed by atoms with Gasteiger partial charge in [-0.3, -0.25) is 14.5 Å². The molecule has 0 spiro atoms. The maximum Gasteiger partial charge on any atom is 0.309 e. The Balaban J connectivity index is 1.48. The van der Waals surface area contributed by atoms with Crippen LogP contribution in [0.4, 0.5) is 10.1 Å². The molecule has 0 saturated carbocycles. The van der Waals surface area contributed by atoms with Crippen molar-refractivity contribution < 1.29 is 23.5 Å². The number of carbonyl (C=O) groups is 2. The Morgan fingerprint density at radius 2 is 1.71 bits per heavy atom. The summed E-state index contributed by atoms with van der Waals surface area (Å²) in [5.41, 5.74) is 1.95. The number of anilines is 1. The summed E-state index contributed by atoms with van der Waals surface area (Å²) >= 11 is 0. The van der Waals surface area contributed by atoms with E-state index in [2.05, 4.69) is 20.4 Å². The van der Waals surface area contributed by atoms with Crippen molar-refractivity contribution in [2.45, 2.75) is 6.04 Å². The Kier molecular flexibility index (Phi) is 6.22. The zero-order chi connectivity index (χ0) is 21.8. The van der Waals surface area contributed by atoms with Crippen LogP contribution in [0.3, 0.4) is 0 Å². The zero-order valence-corrected chi connectivity index (χ0v) is 17.3. The fraction of sp³-hybridized carbons (Fsp3) is 0.364. The van der Waals surface area contributed by atoms with Crippen molar-refractivity contribution in [1.82, 2.24) is 15.5 Å². The molecule has 2 aromatic rings. The lowest BCUT2D eigenvalue weighted by molar-refractivity contribution is -0.139. The summed E-state index contributed by atoms with van der Waals surface area (Å²) in [6.07, 6.45) is 0. The molecule has 1 atom stereocenters. The van der Waals surface area contributed by atoms with Gasteiger partial charge in [-0.2, -0.15) is 0 Å². The van der Waals surface area contributed by atoms with E-state index in [4.69, 9.17) is 9.47 Å². The fourth-order valence-electron chi connectivity index (χ4n) is 3.91. The number of ether oxygens (including phenoxy) is 2. The van der Waals surface area contributed by atoms with Gasteiger partial charge in [-0.15, -0.1) is 0 Å². The molecule has 2 aliphatic heterocycles. The van der Waals surface area contributed by atoms with Crippen LogP contribution in [0.1, 0.15) is 11.6 Å². The van der Waals surface area contributed by atoms with Crippen LogP contribution in [0.5, 0.6) is 11.5 Å². The van der Waals surface area contributed by atoms with Crippen LogP contribution in [0.2, 0.25) is 0 Å². The number of hydrogen-bond acceptors (Lipinski definition) is 6. The van der Waals surface area contributed by atoms with Crippen LogP contribution in [0.25, 0.3) is 0 Å². The minimum Gasteiger partial charge on any atom is -0.454 e. The lowest BCUT2D eigenvalue weighted by atomic mass is 10.0. The van der Waals surface area contributed by atoms with Crippen LogP contribution >= 0.6 is 0 Å². The summed E-state index contributed by atoms with van der Waals surface area (Å²) < 4.78 is 24.1. The van der Waals surface area contributed by atoms with E-state index >= 15 is 0 Å². The average molecular weight is 428 g/mol. The van der Waals surface area contributed by atoms with Gasteiger partial charge in [0.2, 0.25) is 6.79 Å². The van der Waals surface area contributed by atoms with Gasteiger partial charge in [0.25, 0.3) is 0 Å². The molecule has 8 nitrogen and oxygen atoms in total. The van der Waals surface area contributed by atoms with Crippen molar-refractivity contribution in [1.29, 1.82) is 0 Å². The van der Waals surface area contributed by atoms with Gasteiger partial charge in [0, 0.05) is 45.5 Å². The van der Waals surface area contributed by atoms with Crippen LogP contribution in [0, 0.1) is 5.82 Å². The van der Waals surface area contributed by atoms with Crippen LogP contribution in [-0.2, 0) is 9.59 Å². The Morgan fingerprint density at radius 3 is 2.42 bits per heavy atom. The third-order valence-electron chi connectivity index (χ3n) is 5.62. The van der Waals surface area contributed by atoms with Crippen molar-refractivity contribution in [3.8, 4) is 11.5 Å². The maximum absolute atomic E-state index is 13.2. The number of nitrogens with zero attached hydrogens (tertiary/aromatic N) is 2. The monoisotopic (exact) mass is 428 g/mol. The van der Waals surface area contributed by atoms with Gasteiger partial charge in [-0.1, -0.05) is 6.07 Å². The van der Waals surface area contributed by atoms with E-state index in [0.717, 1.165) is 37.4 Å². The number of amides is 2. The molecule has 164 valence electrons. The van der Waals surface area contributed by atoms with Gasteiger partial charge in [0.05, 0.1) is 6.04 Å². The van der Waals surface area contributed by atoms with E-state index in [9.17, 15) is 14.0 Å². The predicted octanol–water partition coefficient (Wildman–Crippen LogP) is 1.28. The van der Waals surface area contributed by atoms with Gasteiger partial charge in [0.1, 0.15) is 5.82 Å². The predicted molar refractivity (Wildman–Crippen MR) is 113 cm³/mol. The Labute approximate surface area is 179 Å². The molecule has 1 unspecified atom stereocenters. The minimum absolute atomic E-state index is 0.140. The molecule has 1 saturated heterocycles. The zero-order valence-electron chi connectivity index (χ0n) is 17.3. The second-order valence-corrected chi connectivity index (χ2v) is 7.42. The molecule has 2 aliphatic rings. The van der Waals surface area contributed by atoms with Crippen molar-refractivity contribution >= 4 is 17.5 Å². The van der Waals surface area contributed by atoms with E-state index in [0.29, 0.717) is 11.5 Å². The number of halogens is 1. The lowest BCUT2D eigenvalue weighted by Crippen LogP contribution is -2.50. The quantitative estimate of drug-likeness (QED) is 0.699. The highest BCUT2D eigenvalue weighted by molar-refractivity contribution is 6.35. The molecule has 0 radical (unpaired) electrons. The normalized spacial score (nSPS) is 16.6. The van der Waals surface area contributed by atoms with E-state index in [1.54, 1.807) is 12.1 Å². The van der Waals surface area contributed by atoms with Crippen molar-refractivity contribution in [2.24, 2.45) is 0 Å². The second-order valence-electron chi connectivity index (χ2n) is 7.42. The summed E-state index contributed by atoms with van der Waals surface area (Å²) in [6, 6.07) is 12.1. The number of carbonyl (C=O) groups excluding carboxylic acids is 2. The molecule has 2 N–H and O–H groups in total. The molecule has 4 rings (SSSR count). The van der Waals surface area contributed by atoms with Gasteiger partial charge < -0.3 is 25.0 Å². The smallest absolute Gasteiger partial charge is 0.309 e. The molecule has 2 heterocycles. The van der Waals surface area contributed by atoms with Gasteiger partial charge >= 0.3 is 11.8 Å². The number of benzene rings is 2. The van der Waals surface area contributed by atoms with E-state index in [-0.39, 0.29) is 25.2 Å². The number of nitrogens with one attached hydrogen (secondary N) is 2. The summed E-state index contributed by atoms with van der Waals surface area (Å²) in [5, 5.41) is 5.06. The first-order valence-corrected chi connectivity index (χ1v) is 10.2. The summed E-state index contributed by atoms with van der Waals surface area (Å²) in [4.78, 5) is 28.1. The molecule has 31 heavy (non-hydrogen) atoms. The summed E-state index contributed by atoms with van der Waals surface area (Å²) in [7, 11) is 1.42. The van der Waals surface area contributed by atoms with Crippen molar-refractivity contribution in [3.63, 3.8) is 0 Å². The number of piperazine rings is 1. The Hall–Kier alpha value is -3.33. The first-order chi connectivity index (χ1) is 15.0. The molecule has 1 fully saturated rings. The highest BCUT2D eigenvalue weighted by Gasteiger charge is 2.28. The highest BCUT2D eigenvalue weighted by atomic mass is 19.1. The standard InChI is InChI=1S/C22H25FN4O4/c1-24-21(28)22(29)25-13-18(15-2-7-19-20(12-15)31-14-30-19)27-10-8-26(9-11-27)17-5-3-16(23)4-6-17/h2-7,12,18H,8-11,13-14H2,1H3,(H,24,28)(H,25,29). The molecular weight excluding hydrogens is 403 g/mol. The van der Waals surface area contributed by atoms with Crippen LogP contribution < -0.4 is 25.0 Å². The summed E-state index contributed by atoms with van der Waals surface area (Å²) in [6.45, 7) is 3.47. The number of hydrogen-bond donors (Lipinski definition) is 2. The largest absolute Gasteiger partial charge is 0.454 e. The number of rotatable bonds is 5. The third-order valence-corrected chi connectivity index (χ3v) is 5.62. The fourth-order valence-corrected chi connectivity index (χ4v) is 3.91. The molecule has 9 heteroatoms. The average Bonchev–Trinajstić information content (AvgIpc) is 3.27. The number of fused-ring (bicyclic) bond motifs is 1. The lowest BCUT2D eigenvalue weighted by Gasteiger charge is -2.40. The van der Waals surface area contributed by atoms with Crippen molar-refractivity contribution in [2.75, 3.05) is 51.5 Å². The maximum atomic E-state index is 13.2. The third kappa shape index (κ3) is 4.72. The molecule has 0 bridgehead atoms. The minimum atomic E-state index is -0.675. The first-order valence-electron chi connectivity index (χ1n) is 10.2. The van der Waals surface area contributed by atoms with Crippen molar-refractivity contribution in [3.05, 3.63) is 53.8 Å². The van der Waals surface area contributed by atoms with E-state index in [1.165, 1.54) is 19.2 Å². The van der Waals surface area contributed by atoms with Crippen LogP contribution in [0.15, 0.2) is 42.5 Å². The van der Waals surface area contributed by atoms with E-state index < -0.39 is 11.8 Å². The molecule has 0 aliphatic carbocycles. The summed E-state index contributed by atoms with van der Waals surface area (Å²) in [5.74, 6) is -0.232. The molecule has 0 aromatic heterocycles. The first kappa shape index (κ1) is 20.9. The van der Waals surface area contributed by atoms with E-state index in [1.807, 2.05) is 18.2 Å². The Morgan fingerprint density at radius 1 is 1.00 bits per heavy atom. The van der Waals surface area contributed by atoms with Gasteiger partial charge in [0.15, 0.2) is 11.5 Å². The van der Waals surface area contributed by atoms with Gasteiger partial charge in [-0.25, -0.2) is 4.39 Å². The Bertz CT molecular complexity index is 945. The second kappa shape index (κ2) is 9.22. The van der Waals surface area contributed by atoms with Crippen LogP contribution in [-0.4, -0.2) is 63.3 Å². The molecule has 2 aromatic carbocycles. The van der Waals surface area contributed by atoms with Gasteiger partial charge in [-0.05, 0) is 42.0 Å². The number of likely N-dealkylation sites (N-methyl/N-ethyl adjacent to an activating group) is 1. The molecular formula is C22H25FN4O4.